The van der Waals surface area contributed by atoms with E-state index in [1.165, 1.54) is 0 Å². The van der Waals surface area contributed by atoms with Gasteiger partial charge in [0.05, 0.1) is 23.8 Å². The molecule has 1 aromatic heterocycles. The minimum atomic E-state index is -0.423. The van der Waals surface area contributed by atoms with Crippen LogP contribution in [0.25, 0.3) is 0 Å². The third-order valence-electron chi connectivity index (χ3n) is 4.75. The summed E-state index contributed by atoms with van der Waals surface area (Å²) in [7, 11) is 1.60. The molecular weight excluding hydrogens is 368 g/mol. The number of ether oxygens (including phenoxy) is 3. The third-order valence-corrected chi connectivity index (χ3v) is 4.75. The van der Waals surface area contributed by atoms with Crippen molar-refractivity contribution in [1.29, 1.82) is 5.26 Å². The summed E-state index contributed by atoms with van der Waals surface area (Å²) < 4.78 is 16.8. The minimum Gasteiger partial charge on any atom is -0.489 e. The van der Waals surface area contributed by atoms with Crippen molar-refractivity contribution in [2.24, 2.45) is 5.73 Å². The molecule has 7 nitrogen and oxygen atoms in total. The Morgan fingerprint density at radius 1 is 1.17 bits per heavy atom. The van der Waals surface area contributed by atoms with Gasteiger partial charge >= 0.3 is 0 Å². The van der Waals surface area contributed by atoms with Crippen molar-refractivity contribution in [1.82, 2.24) is 10.2 Å². The number of methoxy groups -OCH3 is 1. The number of allylic oxidation sites excluding steroid dienone is 1. The Labute approximate surface area is 168 Å². The molecule has 0 spiro atoms. The second kappa shape index (κ2) is 8.09. The van der Waals surface area contributed by atoms with E-state index in [-0.39, 0.29) is 5.88 Å². The van der Waals surface area contributed by atoms with Gasteiger partial charge in [0.15, 0.2) is 0 Å². The third kappa shape index (κ3) is 3.66. The molecule has 0 radical (unpaired) electrons. The van der Waals surface area contributed by atoms with Crippen LogP contribution in [0.5, 0.6) is 11.6 Å². The number of benzene rings is 2. The molecule has 2 heterocycles. The largest absolute Gasteiger partial charge is 0.489 e. The summed E-state index contributed by atoms with van der Waals surface area (Å²) in [4.78, 5) is 0. The molecule has 4 rings (SSSR count). The molecule has 1 atom stereocenters. The molecule has 0 amide bonds. The summed E-state index contributed by atoms with van der Waals surface area (Å²) in [6, 6.07) is 19.7. The van der Waals surface area contributed by atoms with Gasteiger partial charge in [0.2, 0.25) is 11.8 Å². The van der Waals surface area contributed by atoms with Crippen LogP contribution < -0.4 is 15.2 Å². The SMILES string of the molecule is COCc1[nH]nc2c1C(c1cccc(OCc3ccccc3)c1)C(C#N)=C(N)O2. The van der Waals surface area contributed by atoms with Gasteiger partial charge in [0, 0.05) is 7.11 Å². The molecule has 0 bridgehead atoms. The Hall–Kier alpha value is -3.76. The number of rotatable bonds is 6. The lowest BCUT2D eigenvalue weighted by Crippen LogP contribution is -2.21. The number of fused-ring (bicyclic) bond motifs is 1. The Balaban J connectivity index is 1.70. The number of nitriles is 1. The first-order valence-electron chi connectivity index (χ1n) is 9.11. The number of H-pyrrole nitrogens is 1. The van der Waals surface area contributed by atoms with Crippen LogP contribution in [-0.2, 0) is 18.0 Å². The maximum absolute atomic E-state index is 9.74. The molecule has 0 fully saturated rings. The summed E-state index contributed by atoms with van der Waals surface area (Å²) in [5, 5.41) is 16.8. The van der Waals surface area contributed by atoms with Crippen LogP contribution in [0.1, 0.15) is 28.3 Å². The predicted molar refractivity (Wildman–Crippen MR) is 106 cm³/mol. The smallest absolute Gasteiger partial charge is 0.244 e. The number of nitrogens with one attached hydrogen (secondary N) is 1. The zero-order valence-corrected chi connectivity index (χ0v) is 15.9. The Bertz CT molecular complexity index is 1080. The van der Waals surface area contributed by atoms with Gasteiger partial charge in [0.1, 0.15) is 24.0 Å². The molecule has 0 saturated carbocycles. The van der Waals surface area contributed by atoms with Crippen LogP contribution in [-0.4, -0.2) is 17.3 Å². The molecule has 29 heavy (non-hydrogen) atoms. The van der Waals surface area contributed by atoms with E-state index in [1.807, 2.05) is 54.6 Å². The van der Waals surface area contributed by atoms with E-state index in [2.05, 4.69) is 16.3 Å². The molecule has 2 aromatic carbocycles. The quantitative estimate of drug-likeness (QED) is 0.671. The summed E-state index contributed by atoms with van der Waals surface area (Å²) in [5.41, 5.74) is 9.76. The van der Waals surface area contributed by atoms with Gasteiger partial charge in [-0.15, -0.1) is 5.10 Å². The van der Waals surface area contributed by atoms with Gasteiger partial charge in [-0.3, -0.25) is 5.10 Å². The number of aromatic nitrogens is 2. The van der Waals surface area contributed by atoms with E-state index < -0.39 is 5.92 Å². The lowest BCUT2D eigenvalue weighted by atomic mass is 9.84. The van der Waals surface area contributed by atoms with Crippen molar-refractivity contribution in [3.8, 4) is 17.7 Å². The van der Waals surface area contributed by atoms with Crippen molar-refractivity contribution in [2.45, 2.75) is 19.1 Å². The highest BCUT2D eigenvalue weighted by Crippen LogP contribution is 2.43. The van der Waals surface area contributed by atoms with Crippen LogP contribution in [0.3, 0.4) is 0 Å². The summed E-state index contributed by atoms with van der Waals surface area (Å²) in [6.45, 7) is 0.762. The van der Waals surface area contributed by atoms with Crippen molar-refractivity contribution >= 4 is 0 Å². The Kier molecular flexibility index (Phi) is 5.18. The van der Waals surface area contributed by atoms with Gasteiger partial charge < -0.3 is 19.9 Å². The molecule has 3 N–H and O–H groups in total. The highest BCUT2D eigenvalue weighted by molar-refractivity contribution is 5.55. The van der Waals surface area contributed by atoms with Gasteiger partial charge in [-0.05, 0) is 23.3 Å². The normalized spacial score (nSPS) is 15.4. The molecule has 1 unspecified atom stereocenters. The van der Waals surface area contributed by atoms with Crippen molar-refractivity contribution in [3.05, 3.63) is 88.4 Å². The number of nitrogens with zero attached hydrogens (tertiary/aromatic N) is 2. The van der Waals surface area contributed by atoms with Gasteiger partial charge in [-0.1, -0.05) is 42.5 Å². The van der Waals surface area contributed by atoms with Crippen molar-refractivity contribution < 1.29 is 14.2 Å². The van der Waals surface area contributed by atoms with E-state index in [9.17, 15) is 5.26 Å². The average Bonchev–Trinajstić information content (AvgIpc) is 3.14. The highest BCUT2D eigenvalue weighted by atomic mass is 16.5. The monoisotopic (exact) mass is 388 g/mol. The molecule has 0 saturated heterocycles. The zero-order chi connectivity index (χ0) is 20.2. The van der Waals surface area contributed by atoms with E-state index in [0.717, 1.165) is 22.4 Å². The topological polar surface area (TPSA) is 106 Å². The maximum Gasteiger partial charge on any atom is 0.244 e. The fourth-order valence-electron chi connectivity index (χ4n) is 3.42. The van der Waals surface area contributed by atoms with Gasteiger partial charge in [0.25, 0.3) is 0 Å². The lowest BCUT2D eigenvalue weighted by Gasteiger charge is -2.24. The summed E-state index contributed by atoms with van der Waals surface area (Å²) >= 11 is 0. The van der Waals surface area contributed by atoms with E-state index in [0.29, 0.717) is 30.4 Å². The van der Waals surface area contributed by atoms with Gasteiger partial charge in [-0.2, -0.15) is 5.26 Å². The average molecular weight is 388 g/mol. The van der Waals surface area contributed by atoms with Crippen LogP contribution in [0.4, 0.5) is 0 Å². The van der Waals surface area contributed by atoms with Gasteiger partial charge in [-0.25, -0.2) is 0 Å². The first-order chi connectivity index (χ1) is 14.2. The molecule has 0 aliphatic carbocycles. The van der Waals surface area contributed by atoms with Crippen LogP contribution in [0.2, 0.25) is 0 Å². The predicted octanol–water partition coefficient (Wildman–Crippen LogP) is 3.35. The van der Waals surface area contributed by atoms with Crippen LogP contribution in [0, 0.1) is 11.3 Å². The standard InChI is InChI=1S/C22H20N4O3/c1-27-13-18-20-19(17(11-23)21(24)29-22(20)26-25-18)15-8-5-9-16(10-15)28-12-14-6-3-2-4-7-14/h2-10,19H,12-13,24H2,1H3,(H,25,26). The second-order valence-corrected chi connectivity index (χ2v) is 6.63. The Morgan fingerprint density at radius 3 is 2.76 bits per heavy atom. The number of hydrogen-bond acceptors (Lipinski definition) is 6. The molecule has 1 aliphatic rings. The second-order valence-electron chi connectivity index (χ2n) is 6.63. The maximum atomic E-state index is 9.74. The fourth-order valence-corrected chi connectivity index (χ4v) is 3.42. The highest BCUT2D eigenvalue weighted by Gasteiger charge is 2.35. The van der Waals surface area contributed by atoms with Crippen molar-refractivity contribution in [2.75, 3.05) is 7.11 Å². The number of hydrogen-bond donors (Lipinski definition) is 2. The molecular formula is C22H20N4O3. The molecule has 7 heteroatoms. The van der Waals surface area contributed by atoms with Crippen LogP contribution >= 0.6 is 0 Å². The zero-order valence-electron chi connectivity index (χ0n) is 15.9. The summed E-state index contributed by atoms with van der Waals surface area (Å²) in [6.07, 6.45) is 0. The molecule has 1 aliphatic heterocycles. The molecule has 3 aromatic rings. The van der Waals surface area contributed by atoms with E-state index in [1.54, 1.807) is 7.11 Å². The van der Waals surface area contributed by atoms with Crippen molar-refractivity contribution in [3.63, 3.8) is 0 Å². The minimum absolute atomic E-state index is 0.0519. The number of aromatic amines is 1. The van der Waals surface area contributed by atoms with Crippen LogP contribution in [0.15, 0.2) is 66.1 Å². The number of nitrogens with two attached hydrogens (primary N) is 1. The molecule has 146 valence electrons. The van der Waals surface area contributed by atoms with E-state index >= 15 is 0 Å². The first-order valence-corrected chi connectivity index (χ1v) is 9.11. The Morgan fingerprint density at radius 2 is 2.00 bits per heavy atom. The first kappa shape index (κ1) is 18.6. The fraction of sp³-hybridized carbons (Fsp3) is 0.182. The lowest BCUT2D eigenvalue weighted by molar-refractivity contribution is 0.180. The van der Waals surface area contributed by atoms with E-state index in [4.69, 9.17) is 19.9 Å². The summed E-state index contributed by atoms with van der Waals surface area (Å²) in [5.74, 6) is 0.685.